The van der Waals surface area contributed by atoms with E-state index in [1.807, 2.05) is 6.07 Å². The van der Waals surface area contributed by atoms with Crippen LogP contribution < -0.4 is 10.6 Å². The molecular weight excluding hydrogens is 360 g/mol. The highest BCUT2D eigenvalue weighted by Crippen LogP contribution is 2.41. The molecule has 0 bridgehead atoms. The summed E-state index contributed by atoms with van der Waals surface area (Å²) in [4.78, 5) is 24.2. The summed E-state index contributed by atoms with van der Waals surface area (Å²) in [5.74, 6) is -1.76. The zero-order valence-electron chi connectivity index (χ0n) is 13.6. The zero-order chi connectivity index (χ0) is 18.6. The Kier molecular flexibility index (Phi) is 5.73. The molecule has 2 N–H and O–H groups in total. The van der Waals surface area contributed by atoms with Crippen LogP contribution in [-0.4, -0.2) is 17.6 Å². The van der Waals surface area contributed by atoms with E-state index in [1.165, 1.54) is 0 Å². The fourth-order valence-electron chi connectivity index (χ4n) is 2.42. The number of thioether (sulfide) groups is 1. The molecule has 1 aliphatic heterocycles. The van der Waals surface area contributed by atoms with E-state index in [0.29, 0.717) is 15.7 Å². The average molecular weight is 375 g/mol. The largest absolute Gasteiger partial charge is 0.324 e. The standard InChI is InChI=1S/C17H15ClN4O2S/c1-17(2)10(7-19)15(24)22-16(11(17)8-20)25-9-14(23)21-13-6-4-3-5-12(13)18/h3-6,10H,9H2,1-2H3,(H,21,23)(H,22,24)/t10-/m1/s1. The summed E-state index contributed by atoms with van der Waals surface area (Å²) >= 11 is 7.03. The third kappa shape index (κ3) is 3.96. The van der Waals surface area contributed by atoms with Crippen molar-refractivity contribution in [2.45, 2.75) is 13.8 Å². The molecule has 0 radical (unpaired) electrons. The minimum Gasteiger partial charge on any atom is -0.324 e. The second-order valence-corrected chi connectivity index (χ2v) is 7.30. The fraction of sp³-hybridized carbons (Fsp3) is 0.294. The van der Waals surface area contributed by atoms with E-state index in [1.54, 1.807) is 38.1 Å². The van der Waals surface area contributed by atoms with E-state index in [9.17, 15) is 20.1 Å². The highest BCUT2D eigenvalue weighted by atomic mass is 35.5. The van der Waals surface area contributed by atoms with Gasteiger partial charge < -0.3 is 10.6 Å². The molecule has 1 aliphatic rings. The summed E-state index contributed by atoms with van der Waals surface area (Å²) in [6, 6.07) is 10.8. The van der Waals surface area contributed by atoms with Crippen molar-refractivity contribution in [3.63, 3.8) is 0 Å². The van der Waals surface area contributed by atoms with E-state index in [-0.39, 0.29) is 17.2 Å². The molecule has 0 aliphatic carbocycles. The van der Waals surface area contributed by atoms with Gasteiger partial charge in [-0.15, -0.1) is 0 Å². The normalized spacial score (nSPS) is 18.8. The number of anilines is 1. The molecular formula is C17H15ClN4O2S. The van der Waals surface area contributed by atoms with Crippen LogP contribution in [0.2, 0.25) is 5.02 Å². The van der Waals surface area contributed by atoms with Crippen molar-refractivity contribution >= 4 is 40.9 Å². The molecule has 8 heteroatoms. The first-order valence-electron chi connectivity index (χ1n) is 7.33. The van der Waals surface area contributed by atoms with Crippen molar-refractivity contribution in [1.82, 2.24) is 5.32 Å². The van der Waals surface area contributed by atoms with Crippen LogP contribution in [0.1, 0.15) is 13.8 Å². The van der Waals surface area contributed by atoms with Crippen molar-refractivity contribution in [2.75, 3.05) is 11.1 Å². The highest BCUT2D eigenvalue weighted by molar-refractivity contribution is 8.03. The Morgan fingerprint density at radius 3 is 2.68 bits per heavy atom. The first kappa shape index (κ1) is 18.9. The Hall–Kier alpha value is -2.48. The molecule has 1 heterocycles. The lowest BCUT2D eigenvalue weighted by Gasteiger charge is -2.34. The lowest BCUT2D eigenvalue weighted by Crippen LogP contribution is -2.44. The molecule has 2 rings (SSSR count). The summed E-state index contributed by atoms with van der Waals surface area (Å²) in [7, 11) is 0. The zero-order valence-corrected chi connectivity index (χ0v) is 15.2. The van der Waals surface area contributed by atoms with Gasteiger partial charge in [0.2, 0.25) is 11.8 Å². The van der Waals surface area contributed by atoms with E-state index in [0.717, 1.165) is 11.8 Å². The number of carbonyl (C=O) groups is 2. The van der Waals surface area contributed by atoms with Crippen LogP contribution in [-0.2, 0) is 9.59 Å². The molecule has 0 spiro atoms. The van der Waals surface area contributed by atoms with Gasteiger partial charge in [0.25, 0.3) is 0 Å². The number of nitrogens with zero attached hydrogens (tertiary/aromatic N) is 2. The highest BCUT2D eigenvalue weighted by Gasteiger charge is 2.44. The first-order chi connectivity index (χ1) is 11.8. The maximum atomic E-state index is 12.1. The summed E-state index contributed by atoms with van der Waals surface area (Å²) in [5, 5.41) is 24.6. The van der Waals surface area contributed by atoms with Crippen LogP contribution >= 0.6 is 23.4 Å². The van der Waals surface area contributed by atoms with Gasteiger partial charge in [-0.05, 0) is 12.1 Å². The van der Waals surface area contributed by atoms with Gasteiger partial charge in [-0.3, -0.25) is 9.59 Å². The lowest BCUT2D eigenvalue weighted by atomic mass is 9.72. The van der Waals surface area contributed by atoms with Crippen molar-refractivity contribution in [2.24, 2.45) is 11.3 Å². The number of halogens is 1. The number of nitrogens with one attached hydrogen (secondary N) is 2. The van der Waals surface area contributed by atoms with Gasteiger partial charge in [-0.25, -0.2) is 0 Å². The maximum absolute atomic E-state index is 12.1. The van der Waals surface area contributed by atoms with Crippen LogP contribution in [0.25, 0.3) is 0 Å². The number of carbonyl (C=O) groups excluding carboxylic acids is 2. The molecule has 0 unspecified atom stereocenters. The van der Waals surface area contributed by atoms with E-state index >= 15 is 0 Å². The third-order valence-electron chi connectivity index (χ3n) is 3.83. The molecule has 1 atom stereocenters. The van der Waals surface area contributed by atoms with Gasteiger partial charge >= 0.3 is 0 Å². The minimum atomic E-state index is -0.955. The summed E-state index contributed by atoms with van der Waals surface area (Å²) in [5.41, 5.74) is -0.149. The Labute approximate surface area is 154 Å². The van der Waals surface area contributed by atoms with Gasteiger partial charge in [0, 0.05) is 5.41 Å². The predicted molar refractivity (Wildman–Crippen MR) is 96.2 cm³/mol. The molecule has 0 saturated heterocycles. The number of para-hydroxylation sites is 1. The van der Waals surface area contributed by atoms with Gasteiger partial charge in [-0.1, -0.05) is 49.3 Å². The van der Waals surface area contributed by atoms with Gasteiger partial charge in [0.05, 0.1) is 39.2 Å². The van der Waals surface area contributed by atoms with Crippen molar-refractivity contribution in [3.05, 3.63) is 39.9 Å². The third-order valence-corrected chi connectivity index (χ3v) is 5.16. The molecule has 0 aromatic heterocycles. The topological polar surface area (TPSA) is 106 Å². The second-order valence-electron chi connectivity index (χ2n) is 5.91. The molecule has 0 fully saturated rings. The molecule has 25 heavy (non-hydrogen) atoms. The number of allylic oxidation sites excluding steroid dienone is 1. The van der Waals surface area contributed by atoms with Gasteiger partial charge in [-0.2, -0.15) is 10.5 Å². The Balaban J connectivity index is 2.14. The molecule has 6 nitrogen and oxygen atoms in total. The Morgan fingerprint density at radius 1 is 1.40 bits per heavy atom. The van der Waals surface area contributed by atoms with Crippen molar-refractivity contribution < 1.29 is 9.59 Å². The molecule has 1 aromatic rings. The maximum Gasteiger partial charge on any atom is 0.243 e. The smallest absolute Gasteiger partial charge is 0.243 e. The average Bonchev–Trinajstić information content (AvgIpc) is 2.54. The van der Waals surface area contributed by atoms with Crippen LogP contribution in [0.3, 0.4) is 0 Å². The summed E-state index contributed by atoms with van der Waals surface area (Å²) < 4.78 is 0. The number of rotatable bonds is 4. The van der Waals surface area contributed by atoms with Crippen LogP contribution in [0.4, 0.5) is 5.69 Å². The van der Waals surface area contributed by atoms with E-state index in [4.69, 9.17) is 11.6 Å². The van der Waals surface area contributed by atoms with Crippen molar-refractivity contribution in [3.8, 4) is 12.1 Å². The van der Waals surface area contributed by atoms with Crippen LogP contribution in [0.5, 0.6) is 0 Å². The predicted octanol–water partition coefficient (Wildman–Crippen LogP) is 3.04. The first-order valence-corrected chi connectivity index (χ1v) is 8.70. The molecule has 0 saturated carbocycles. The van der Waals surface area contributed by atoms with E-state index in [2.05, 4.69) is 16.7 Å². The SMILES string of the molecule is CC1(C)C(C#N)=C(SCC(=O)Nc2ccccc2Cl)NC(=O)[C@H]1C#N. The summed E-state index contributed by atoms with van der Waals surface area (Å²) in [6.07, 6.45) is 0. The molecule has 1 aromatic carbocycles. The van der Waals surface area contributed by atoms with Crippen molar-refractivity contribution in [1.29, 1.82) is 10.5 Å². The monoisotopic (exact) mass is 374 g/mol. The fourth-order valence-corrected chi connectivity index (χ4v) is 3.58. The number of benzene rings is 1. The number of hydrogen-bond donors (Lipinski definition) is 2. The van der Waals surface area contributed by atoms with Crippen LogP contribution in [0, 0.1) is 34.0 Å². The Morgan fingerprint density at radius 2 is 2.08 bits per heavy atom. The number of hydrogen-bond acceptors (Lipinski definition) is 5. The summed E-state index contributed by atoms with van der Waals surface area (Å²) in [6.45, 7) is 3.34. The number of nitriles is 2. The van der Waals surface area contributed by atoms with E-state index < -0.39 is 17.2 Å². The quantitative estimate of drug-likeness (QED) is 0.842. The molecule has 128 valence electrons. The minimum absolute atomic E-state index is 0.0146. The lowest BCUT2D eigenvalue weighted by molar-refractivity contribution is -0.125. The van der Waals surface area contributed by atoms with Gasteiger partial charge in [0.15, 0.2) is 0 Å². The molecule has 2 amide bonds. The van der Waals surface area contributed by atoms with Crippen LogP contribution in [0.15, 0.2) is 34.9 Å². The van der Waals surface area contributed by atoms with Gasteiger partial charge in [0.1, 0.15) is 5.92 Å². The number of amides is 2. The second kappa shape index (κ2) is 7.60. The Bertz CT molecular complexity index is 836.